The number of rotatable bonds is 3. The van der Waals surface area contributed by atoms with Crippen molar-refractivity contribution >= 4 is 11.8 Å². The molecule has 0 radical (unpaired) electrons. The monoisotopic (exact) mass is 316 g/mol. The molecule has 0 saturated carbocycles. The van der Waals surface area contributed by atoms with Gasteiger partial charge in [0.1, 0.15) is 0 Å². The lowest BCUT2D eigenvalue weighted by Gasteiger charge is -2.42. The number of nitrogens with zero attached hydrogens (tertiary/aromatic N) is 1. The van der Waals surface area contributed by atoms with E-state index in [9.17, 15) is 9.59 Å². The van der Waals surface area contributed by atoms with Crippen molar-refractivity contribution in [2.45, 2.75) is 31.1 Å². The van der Waals surface area contributed by atoms with Crippen molar-refractivity contribution in [1.29, 1.82) is 0 Å². The third-order valence-corrected chi connectivity index (χ3v) is 5.27. The molecule has 1 aromatic carbocycles. The first-order valence-electron chi connectivity index (χ1n) is 8.35. The largest absolute Gasteiger partial charge is 0.381 e. The molecule has 0 unspecified atom stereocenters. The molecule has 5 nitrogen and oxygen atoms in total. The van der Waals surface area contributed by atoms with E-state index in [1.54, 1.807) is 0 Å². The molecule has 23 heavy (non-hydrogen) atoms. The Morgan fingerprint density at radius 3 is 2.26 bits per heavy atom. The normalized spacial score (nSPS) is 21.8. The zero-order valence-corrected chi connectivity index (χ0v) is 13.4. The van der Waals surface area contributed by atoms with Crippen LogP contribution in [0, 0.1) is 5.92 Å². The Morgan fingerprint density at radius 1 is 1.09 bits per heavy atom. The molecule has 3 rings (SSSR count). The SMILES string of the molecule is NC(=O)C1CCN(C(=O)C2(c3ccccc3)CCOCC2)CC1. The van der Waals surface area contributed by atoms with Crippen LogP contribution in [0.3, 0.4) is 0 Å². The van der Waals surface area contributed by atoms with Crippen molar-refractivity contribution in [3.8, 4) is 0 Å². The van der Waals surface area contributed by atoms with Gasteiger partial charge in [-0.15, -0.1) is 0 Å². The van der Waals surface area contributed by atoms with Gasteiger partial charge in [0.2, 0.25) is 11.8 Å². The highest BCUT2D eigenvalue weighted by molar-refractivity contribution is 5.89. The number of carbonyl (C=O) groups is 2. The Kier molecular flexibility index (Phi) is 4.66. The zero-order chi connectivity index (χ0) is 16.3. The van der Waals surface area contributed by atoms with Crippen LogP contribution >= 0.6 is 0 Å². The smallest absolute Gasteiger partial charge is 0.233 e. The molecule has 2 aliphatic rings. The van der Waals surface area contributed by atoms with Crippen molar-refractivity contribution in [1.82, 2.24) is 4.90 Å². The van der Waals surface area contributed by atoms with E-state index in [1.807, 2.05) is 35.2 Å². The minimum Gasteiger partial charge on any atom is -0.381 e. The fourth-order valence-electron chi connectivity index (χ4n) is 3.77. The van der Waals surface area contributed by atoms with Crippen LogP contribution < -0.4 is 5.73 Å². The second kappa shape index (κ2) is 6.71. The van der Waals surface area contributed by atoms with Gasteiger partial charge in [0, 0.05) is 32.2 Å². The van der Waals surface area contributed by atoms with Crippen LogP contribution in [0.4, 0.5) is 0 Å². The maximum Gasteiger partial charge on any atom is 0.233 e. The number of carbonyl (C=O) groups excluding carboxylic acids is 2. The maximum atomic E-state index is 13.3. The number of primary amides is 1. The van der Waals surface area contributed by atoms with E-state index in [0.717, 1.165) is 5.56 Å². The Labute approximate surface area is 136 Å². The summed E-state index contributed by atoms with van der Waals surface area (Å²) in [7, 11) is 0. The van der Waals surface area contributed by atoms with Crippen LogP contribution in [-0.2, 0) is 19.7 Å². The van der Waals surface area contributed by atoms with Crippen LogP contribution in [0.2, 0.25) is 0 Å². The minimum absolute atomic E-state index is 0.0959. The topological polar surface area (TPSA) is 72.6 Å². The lowest BCUT2D eigenvalue weighted by molar-refractivity contribution is -0.144. The molecular weight excluding hydrogens is 292 g/mol. The second-order valence-electron chi connectivity index (χ2n) is 6.53. The molecule has 0 aliphatic carbocycles. The van der Waals surface area contributed by atoms with Gasteiger partial charge in [-0.25, -0.2) is 0 Å². The van der Waals surface area contributed by atoms with Gasteiger partial charge >= 0.3 is 0 Å². The number of benzene rings is 1. The molecule has 2 heterocycles. The number of amides is 2. The van der Waals surface area contributed by atoms with Crippen molar-refractivity contribution in [2.24, 2.45) is 11.7 Å². The summed E-state index contributed by atoms with van der Waals surface area (Å²) in [6, 6.07) is 10.0. The fourth-order valence-corrected chi connectivity index (χ4v) is 3.77. The molecule has 0 bridgehead atoms. The van der Waals surface area contributed by atoms with Crippen molar-refractivity contribution in [3.05, 3.63) is 35.9 Å². The molecule has 0 atom stereocenters. The molecule has 2 amide bonds. The van der Waals surface area contributed by atoms with E-state index < -0.39 is 5.41 Å². The van der Waals surface area contributed by atoms with Gasteiger partial charge in [-0.3, -0.25) is 9.59 Å². The van der Waals surface area contributed by atoms with Gasteiger partial charge < -0.3 is 15.4 Å². The summed E-state index contributed by atoms with van der Waals surface area (Å²) in [5.74, 6) is -0.169. The highest BCUT2D eigenvalue weighted by Gasteiger charge is 2.44. The highest BCUT2D eigenvalue weighted by Crippen LogP contribution is 2.37. The number of hydrogen-bond donors (Lipinski definition) is 1. The highest BCUT2D eigenvalue weighted by atomic mass is 16.5. The molecule has 2 saturated heterocycles. The summed E-state index contributed by atoms with van der Waals surface area (Å²) < 4.78 is 5.50. The molecule has 2 N–H and O–H groups in total. The quantitative estimate of drug-likeness (QED) is 0.917. The average Bonchev–Trinajstić information content (AvgIpc) is 2.62. The minimum atomic E-state index is -0.487. The van der Waals surface area contributed by atoms with E-state index >= 15 is 0 Å². The van der Waals surface area contributed by atoms with Gasteiger partial charge in [-0.1, -0.05) is 30.3 Å². The molecule has 124 valence electrons. The standard InChI is InChI=1S/C18H24N2O3/c19-16(21)14-6-10-20(11-7-14)17(22)18(8-12-23-13-9-18)15-4-2-1-3-5-15/h1-5,14H,6-13H2,(H2,19,21). The molecule has 5 heteroatoms. The van der Waals surface area contributed by atoms with Gasteiger partial charge in [0.25, 0.3) is 0 Å². The van der Waals surface area contributed by atoms with Crippen molar-refractivity contribution in [3.63, 3.8) is 0 Å². The number of hydrogen-bond acceptors (Lipinski definition) is 3. The molecule has 2 fully saturated rings. The van der Waals surface area contributed by atoms with Gasteiger partial charge in [-0.2, -0.15) is 0 Å². The third-order valence-electron chi connectivity index (χ3n) is 5.27. The second-order valence-corrected chi connectivity index (χ2v) is 6.53. The molecule has 0 aromatic heterocycles. The summed E-state index contributed by atoms with van der Waals surface area (Å²) in [6.07, 6.45) is 2.77. The lowest BCUT2D eigenvalue weighted by Crippen LogP contribution is -2.52. The summed E-state index contributed by atoms with van der Waals surface area (Å²) in [5.41, 5.74) is 5.98. The third kappa shape index (κ3) is 3.11. The van der Waals surface area contributed by atoms with E-state index in [1.165, 1.54) is 0 Å². The number of likely N-dealkylation sites (tertiary alicyclic amines) is 1. The van der Waals surface area contributed by atoms with E-state index in [2.05, 4.69) is 0 Å². The first-order chi connectivity index (χ1) is 11.1. The summed E-state index contributed by atoms with van der Waals surface area (Å²) in [4.78, 5) is 26.5. The summed E-state index contributed by atoms with van der Waals surface area (Å²) in [6.45, 7) is 2.44. The number of piperidine rings is 1. The van der Waals surface area contributed by atoms with Crippen molar-refractivity contribution in [2.75, 3.05) is 26.3 Å². The van der Waals surface area contributed by atoms with Crippen LogP contribution in [0.15, 0.2) is 30.3 Å². The van der Waals surface area contributed by atoms with Crippen LogP contribution in [0.25, 0.3) is 0 Å². The summed E-state index contributed by atoms with van der Waals surface area (Å²) >= 11 is 0. The first-order valence-corrected chi connectivity index (χ1v) is 8.35. The first kappa shape index (κ1) is 16.0. The Balaban J connectivity index is 1.81. The summed E-state index contributed by atoms with van der Waals surface area (Å²) in [5, 5.41) is 0. The Hall–Kier alpha value is -1.88. The maximum absolute atomic E-state index is 13.3. The van der Waals surface area contributed by atoms with Gasteiger partial charge in [0.15, 0.2) is 0 Å². The molecule has 1 aromatic rings. The Bertz CT molecular complexity index is 559. The lowest BCUT2D eigenvalue weighted by atomic mass is 9.72. The van der Waals surface area contributed by atoms with E-state index in [0.29, 0.717) is 52.0 Å². The van der Waals surface area contributed by atoms with E-state index in [4.69, 9.17) is 10.5 Å². The number of nitrogens with two attached hydrogens (primary N) is 1. The molecule has 0 spiro atoms. The predicted molar refractivity (Wildman–Crippen MR) is 86.7 cm³/mol. The fraction of sp³-hybridized carbons (Fsp3) is 0.556. The molecular formula is C18H24N2O3. The van der Waals surface area contributed by atoms with Crippen LogP contribution in [0.5, 0.6) is 0 Å². The Morgan fingerprint density at radius 2 is 1.70 bits per heavy atom. The van der Waals surface area contributed by atoms with E-state index in [-0.39, 0.29) is 17.7 Å². The number of ether oxygens (including phenoxy) is 1. The van der Waals surface area contributed by atoms with Crippen LogP contribution in [0.1, 0.15) is 31.2 Å². The molecule has 2 aliphatic heterocycles. The van der Waals surface area contributed by atoms with Crippen LogP contribution in [-0.4, -0.2) is 43.0 Å². The zero-order valence-electron chi connectivity index (χ0n) is 13.4. The van der Waals surface area contributed by atoms with Gasteiger partial charge in [0.05, 0.1) is 5.41 Å². The average molecular weight is 316 g/mol. The van der Waals surface area contributed by atoms with Crippen molar-refractivity contribution < 1.29 is 14.3 Å². The van der Waals surface area contributed by atoms with Gasteiger partial charge in [-0.05, 0) is 31.2 Å². The predicted octanol–water partition coefficient (Wildman–Crippen LogP) is 1.46.